The van der Waals surface area contributed by atoms with Gasteiger partial charge in [-0.25, -0.2) is 4.98 Å². The van der Waals surface area contributed by atoms with E-state index in [2.05, 4.69) is 10.3 Å². The van der Waals surface area contributed by atoms with E-state index < -0.39 is 6.10 Å². The molecule has 2 aromatic rings. The molecule has 4 nitrogen and oxygen atoms in total. The minimum Gasteiger partial charge on any atom is -0.392 e. The molecule has 2 rings (SSSR count). The van der Waals surface area contributed by atoms with Crippen LogP contribution in [0.15, 0.2) is 30.3 Å². The smallest absolute Gasteiger partial charge is 0.270 e. The Labute approximate surface area is 110 Å². The summed E-state index contributed by atoms with van der Waals surface area (Å²) in [6, 6.07) is 8.88. The van der Waals surface area contributed by atoms with Gasteiger partial charge in [-0.15, -0.1) is 0 Å². The third-order valence-corrected chi connectivity index (χ3v) is 2.77. The van der Waals surface area contributed by atoms with E-state index in [0.717, 1.165) is 5.39 Å². The Kier molecular flexibility index (Phi) is 3.79. The molecule has 1 aromatic heterocycles. The van der Waals surface area contributed by atoms with Gasteiger partial charge in [0.05, 0.1) is 16.6 Å². The molecule has 0 saturated heterocycles. The zero-order valence-electron chi connectivity index (χ0n) is 9.85. The van der Waals surface area contributed by atoms with Crippen LogP contribution in [0.3, 0.4) is 0 Å². The number of fused-ring (bicyclic) bond motifs is 1. The van der Waals surface area contributed by atoms with Crippen molar-refractivity contribution in [2.75, 3.05) is 6.54 Å². The van der Waals surface area contributed by atoms with Gasteiger partial charge in [-0.2, -0.15) is 0 Å². The fraction of sp³-hybridized carbons (Fsp3) is 0.231. The lowest BCUT2D eigenvalue weighted by Gasteiger charge is -2.08. The fourth-order valence-electron chi connectivity index (χ4n) is 1.58. The average Bonchev–Trinajstić information content (AvgIpc) is 2.36. The van der Waals surface area contributed by atoms with E-state index in [4.69, 9.17) is 16.7 Å². The van der Waals surface area contributed by atoms with Crippen molar-refractivity contribution < 1.29 is 9.90 Å². The summed E-state index contributed by atoms with van der Waals surface area (Å²) in [5, 5.41) is 13.0. The second kappa shape index (κ2) is 5.33. The van der Waals surface area contributed by atoms with Crippen LogP contribution < -0.4 is 5.32 Å². The molecule has 0 aliphatic heterocycles. The molecule has 0 aliphatic rings. The molecule has 0 spiro atoms. The predicted molar refractivity (Wildman–Crippen MR) is 70.8 cm³/mol. The topological polar surface area (TPSA) is 62.2 Å². The maximum atomic E-state index is 11.8. The highest BCUT2D eigenvalue weighted by molar-refractivity contribution is 6.35. The van der Waals surface area contributed by atoms with Gasteiger partial charge in [0.1, 0.15) is 5.69 Å². The van der Waals surface area contributed by atoms with E-state index in [1.165, 1.54) is 6.07 Å². The predicted octanol–water partition coefficient (Wildman–Crippen LogP) is 2.00. The summed E-state index contributed by atoms with van der Waals surface area (Å²) in [6.07, 6.45) is -0.593. The van der Waals surface area contributed by atoms with Crippen molar-refractivity contribution in [3.8, 4) is 0 Å². The lowest BCUT2D eigenvalue weighted by molar-refractivity contribution is 0.0919. The minimum absolute atomic E-state index is 0.185. The van der Waals surface area contributed by atoms with E-state index in [-0.39, 0.29) is 18.1 Å². The molecule has 2 N–H and O–H groups in total. The van der Waals surface area contributed by atoms with Crippen LogP contribution in [0.2, 0.25) is 5.02 Å². The zero-order valence-corrected chi connectivity index (χ0v) is 10.6. The number of aromatic nitrogens is 1. The second-order valence-electron chi connectivity index (χ2n) is 4.07. The summed E-state index contributed by atoms with van der Waals surface area (Å²) >= 11 is 6.10. The number of nitrogens with one attached hydrogen (secondary N) is 1. The molecule has 0 radical (unpaired) electrons. The highest BCUT2D eigenvalue weighted by atomic mass is 35.5. The third kappa shape index (κ3) is 2.78. The number of aliphatic hydroxyl groups is 1. The van der Waals surface area contributed by atoms with Gasteiger partial charge < -0.3 is 10.4 Å². The Morgan fingerprint density at radius 2 is 2.22 bits per heavy atom. The molecule has 5 heteroatoms. The number of nitrogens with zero attached hydrogens (tertiary/aromatic N) is 1. The van der Waals surface area contributed by atoms with Gasteiger partial charge in [-0.1, -0.05) is 29.8 Å². The molecule has 0 aliphatic carbocycles. The van der Waals surface area contributed by atoms with Gasteiger partial charge in [0, 0.05) is 11.9 Å². The highest BCUT2D eigenvalue weighted by Crippen LogP contribution is 2.22. The number of aliphatic hydroxyl groups excluding tert-OH is 1. The number of benzene rings is 1. The van der Waals surface area contributed by atoms with Crippen LogP contribution in [0.5, 0.6) is 0 Å². The number of hydrogen-bond donors (Lipinski definition) is 2. The summed E-state index contributed by atoms with van der Waals surface area (Å²) in [7, 11) is 0. The number of rotatable bonds is 3. The Hall–Kier alpha value is -1.65. The van der Waals surface area contributed by atoms with Gasteiger partial charge in [0.15, 0.2) is 0 Å². The van der Waals surface area contributed by atoms with Gasteiger partial charge in [0.2, 0.25) is 0 Å². The van der Waals surface area contributed by atoms with E-state index in [9.17, 15) is 4.79 Å². The molecule has 94 valence electrons. The standard InChI is InChI=1S/C13H13ClN2O2/c1-8(17)7-15-13(18)12-6-10(14)9-4-2-3-5-11(9)16-12/h2-6,8,17H,7H2,1H3,(H,15,18). The molecular weight excluding hydrogens is 252 g/mol. The fourth-order valence-corrected chi connectivity index (χ4v) is 1.84. The number of para-hydroxylation sites is 1. The first kappa shape index (κ1) is 12.8. The summed E-state index contributed by atoms with van der Waals surface area (Å²) in [4.78, 5) is 16.0. The molecule has 1 unspecified atom stereocenters. The van der Waals surface area contributed by atoms with Crippen LogP contribution in [0, 0.1) is 0 Å². The van der Waals surface area contributed by atoms with Crippen molar-refractivity contribution in [2.24, 2.45) is 0 Å². The molecule has 1 atom stereocenters. The quantitative estimate of drug-likeness (QED) is 0.891. The molecule has 1 aromatic carbocycles. The Morgan fingerprint density at radius 1 is 1.50 bits per heavy atom. The molecule has 0 fully saturated rings. The molecule has 0 bridgehead atoms. The van der Waals surface area contributed by atoms with Crippen LogP contribution in [0.4, 0.5) is 0 Å². The number of hydrogen-bond acceptors (Lipinski definition) is 3. The third-order valence-electron chi connectivity index (χ3n) is 2.46. The monoisotopic (exact) mass is 264 g/mol. The van der Waals surface area contributed by atoms with Gasteiger partial charge in [-0.3, -0.25) is 4.79 Å². The van der Waals surface area contributed by atoms with Crippen LogP contribution in [-0.2, 0) is 0 Å². The van der Waals surface area contributed by atoms with Gasteiger partial charge >= 0.3 is 0 Å². The lowest BCUT2D eigenvalue weighted by Crippen LogP contribution is -2.31. The first-order chi connectivity index (χ1) is 8.58. The van der Waals surface area contributed by atoms with Crippen LogP contribution in [-0.4, -0.2) is 28.6 Å². The minimum atomic E-state index is -0.593. The average molecular weight is 265 g/mol. The summed E-state index contributed by atoms with van der Waals surface area (Å²) < 4.78 is 0. The summed E-state index contributed by atoms with van der Waals surface area (Å²) in [6.45, 7) is 1.78. The lowest BCUT2D eigenvalue weighted by atomic mass is 10.2. The number of halogens is 1. The number of pyridine rings is 1. The van der Waals surface area contributed by atoms with Gasteiger partial charge in [-0.05, 0) is 19.1 Å². The molecule has 18 heavy (non-hydrogen) atoms. The first-order valence-electron chi connectivity index (χ1n) is 5.59. The Bertz CT molecular complexity index is 584. The molecule has 0 saturated carbocycles. The molecule has 1 amide bonds. The normalized spacial score (nSPS) is 12.4. The van der Waals surface area contributed by atoms with Gasteiger partial charge in [0.25, 0.3) is 5.91 Å². The Morgan fingerprint density at radius 3 is 2.94 bits per heavy atom. The zero-order chi connectivity index (χ0) is 13.1. The van der Waals surface area contributed by atoms with Crippen LogP contribution in [0.25, 0.3) is 10.9 Å². The van der Waals surface area contributed by atoms with Crippen molar-refractivity contribution in [2.45, 2.75) is 13.0 Å². The summed E-state index contributed by atoms with van der Waals surface area (Å²) in [5.41, 5.74) is 0.923. The second-order valence-corrected chi connectivity index (χ2v) is 4.47. The van der Waals surface area contributed by atoms with Crippen molar-refractivity contribution in [3.05, 3.63) is 41.0 Å². The number of amides is 1. The summed E-state index contributed by atoms with van der Waals surface area (Å²) in [5.74, 6) is -0.344. The number of carbonyl (C=O) groups is 1. The molecular formula is C13H13ClN2O2. The maximum absolute atomic E-state index is 11.8. The largest absolute Gasteiger partial charge is 0.392 e. The van der Waals surface area contributed by atoms with Crippen molar-refractivity contribution in [3.63, 3.8) is 0 Å². The van der Waals surface area contributed by atoms with E-state index in [1.54, 1.807) is 13.0 Å². The van der Waals surface area contributed by atoms with Crippen LogP contribution in [0.1, 0.15) is 17.4 Å². The SMILES string of the molecule is CC(O)CNC(=O)c1cc(Cl)c2ccccc2n1. The molecule has 1 heterocycles. The van der Waals surface area contributed by atoms with E-state index >= 15 is 0 Å². The highest BCUT2D eigenvalue weighted by Gasteiger charge is 2.11. The Balaban J connectivity index is 2.31. The van der Waals surface area contributed by atoms with Crippen molar-refractivity contribution >= 4 is 28.4 Å². The maximum Gasteiger partial charge on any atom is 0.270 e. The van der Waals surface area contributed by atoms with E-state index in [0.29, 0.717) is 10.5 Å². The first-order valence-corrected chi connectivity index (χ1v) is 5.97. The number of carbonyl (C=O) groups excluding carboxylic acids is 1. The van der Waals surface area contributed by atoms with E-state index in [1.807, 2.05) is 18.2 Å². The van der Waals surface area contributed by atoms with Crippen molar-refractivity contribution in [1.29, 1.82) is 0 Å². The van der Waals surface area contributed by atoms with Crippen LogP contribution >= 0.6 is 11.6 Å². The van der Waals surface area contributed by atoms with Crippen molar-refractivity contribution in [1.82, 2.24) is 10.3 Å².